The van der Waals surface area contributed by atoms with E-state index in [4.69, 9.17) is 0 Å². The van der Waals surface area contributed by atoms with E-state index >= 15 is 0 Å². The van der Waals surface area contributed by atoms with Crippen molar-refractivity contribution in [2.75, 3.05) is 0 Å². The summed E-state index contributed by atoms with van der Waals surface area (Å²) < 4.78 is 67.4. The number of rotatable bonds is 6. The number of allylic oxidation sites excluding steroid dienone is 1. The second-order valence-corrected chi connectivity index (χ2v) is 8.62. The molecular weight excluding hydrogens is 489 g/mol. The minimum atomic E-state index is -4.82. The Kier molecular flexibility index (Phi) is 6.37. The average molecular weight is 507 g/mol. The fourth-order valence-corrected chi connectivity index (χ4v) is 4.32. The van der Waals surface area contributed by atoms with Gasteiger partial charge in [-0.3, -0.25) is 9.78 Å². The van der Waals surface area contributed by atoms with E-state index in [1.165, 1.54) is 18.5 Å². The van der Waals surface area contributed by atoms with Gasteiger partial charge in [-0.25, -0.2) is 18.7 Å². The number of benzene rings is 2. The third-order valence-electron chi connectivity index (χ3n) is 6.09. The Labute approximate surface area is 208 Å². The molecule has 0 saturated heterocycles. The maximum atomic E-state index is 14.6. The van der Waals surface area contributed by atoms with Crippen LogP contribution in [-0.2, 0) is 25.4 Å². The average Bonchev–Trinajstić information content (AvgIpc) is 3.35. The largest absolute Gasteiger partial charge is 0.416 e. The maximum Gasteiger partial charge on any atom is 0.416 e. The molecule has 4 nitrogen and oxygen atoms in total. The molecule has 0 atom stereocenters. The Morgan fingerprint density at radius 3 is 2.62 bits per heavy atom. The molecule has 0 unspecified atom stereocenters. The number of ketones is 1. The van der Waals surface area contributed by atoms with Crippen molar-refractivity contribution in [3.63, 3.8) is 0 Å². The van der Waals surface area contributed by atoms with E-state index in [9.17, 15) is 26.7 Å². The number of Topliss-reactive ketones (excluding diaryl/α,β-unsaturated/α-hetero) is 1. The second kappa shape index (κ2) is 9.65. The van der Waals surface area contributed by atoms with Crippen LogP contribution in [0.2, 0.25) is 0 Å². The van der Waals surface area contributed by atoms with Crippen LogP contribution in [0.4, 0.5) is 22.0 Å². The van der Waals surface area contributed by atoms with Crippen LogP contribution in [0.25, 0.3) is 17.3 Å². The number of fused-ring (bicyclic) bond motifs is 1. The first-order valence-corrected chi connectivity index (χ1v) is 11.3. The normalized spacial score (nSPS) is 12.6. The highest BCUT2D eigenvalue weighted by atomic mass is 19.4. The number of alkyl halides is 3. The summed E-state index contributed by atoms with van der Waals surface area (Å²) in [5.74, 6) is -2.71. The molecule has 0 radical (unpaired) electrons. The quantitative estimate of drug-likeness (QED) is 0.223. The molecule has 1 aliphatic rings. The first kappa shape index (κ1) is 24.4. The summed E-state index contributed by atoms with van der Waals surface area (Å²) in [5.41, 5.74) is 2.88. The van der Waals surface area contributed by atoms with Crippen molar-refractivity contribution in [3.05, 3.63) is 118 Å². The second-order valence-electron chi connectivity index (χ2n) is 8.62. The molecule has 9 heteroatoms. The van der Waals surface area contributed by atoms with E-state index in [0.717, 1.165) is 22.5 Å². The zero-order chi connectivity index (χ0) is 26.2. The summed E-state index contributed by atoms with van der Waals surface area (Å²) in [4.78, 5) is 25.9. The molecule has 0 N–H and O–H groups in total. The molecule has 0 saturated carbocycles. The van der Waals surface area contributed by atoms with Gasteiger partial charge in [-0.2, -0.15) is 13.2 Å². The lowest BCUT2D eigenvalue weighted by molar-refractivity contribution is -0.137. The van der Waals surface area contributed by atoms with Crippen molar-refractivity contribution >= 4 is 11.9 Å². The highest BCUT2D eigenvalue weighted by molar-refractivity contribution is 5.97. The van der Waals surface area contributed by atoms with Gasteiger partial charge in [-0.15, -0.1) is 0 Å². The molecule has 4 aromatic rings. The predicted octanol–water partition coefficient (Wildman–Crippen LogP) is 6.42. The fourth-order valence-electron chi connectivity index (χ4n) is 4.32. The Bertz CT molecular complexity index is 1550. The lowest BCUT2D eigenvalue weighted by Gasteiger charge is -2.12. The van der Waals surface area contributed by atoms with Gasteiger partial charge >= 0.3 is 6.18 Å². The Morgan fingerprint density at radius 1 is 0.973 bits per heavy atom. The number of hydrogen-bond acceptors (Lipinski definition) is 4. The third-order valence-corrected chi connectivity index (χ3v) is 6.09. The van der Waals surface area contributed by atoms with Crippen molar-refractivity contribution in [1.82, 2.24) is 15.0 Å². The summed E-state index contributed by atoms with van der Waals surface area (Å²) in [6.07, 6.45) is 2.74. The summed E-state index contributed by atoms with van der Waals surface area (Å²) in [6, 6.07) is 9.48. The lowest BCUT2D eigenvalue weighted by Crippen LogP contribution is -2.11. The number of nitrogens with zero attached hydrogens (tertiary/aromatic N) is 3. The highest BCUT2D eigenvalue weighted by Crippen LogP contribution is 2.32. The highest BCUT2D eigenvalue weighted by Gasteiger charge is 2.32. The molecule has 0 spiro atoms. The first-order chi connectivity index (χ1) is 17.7. The van der Waals surface area contributed by atoms with Crippen LogP contribution in [0.1, 0.15) is 44.0 Å². The van der Waals surface area contributed by atoms with Crippen molar-refractivity contribution < 1.29 is 26.7 Å². The fraction of sp³-hybridized carbons (Fsp3) is 0.143. The Balaban J connectivity index is 1.43. The van der Waals surface area contributed by atoms with Gasteiger partial charge < -0.3 is 0 Å². The maximum absolute atomic E-state index is 14.6. The molecule has 2 aromatic heterocycles. The molecule has 37 heavy (non-hydrogen) atoms. The number of carbonyl (C=O) groups excluding carboxylic acids is 1. The summed E-state index contributed by atoms with van der Waals surface area (Å²) in [7, 11) is 0. The van der Waals surface area contributed by atoms with Gasteiger partial charge in [0.15, 0.2) is 5.78 Å². The number of carbonyl (C=O) groups is 1. The van der Waals surface area contributed by atoms with Gasteiger partial charge in [0.1, 0.15) is 18.0 Å². The number of pyridine rings is 1. The van der Waals surface area contributed by atoms with E-state index in [1.54, 1.807) is 18.3 Å². The van der Waals surface area contributed by atoms with Crippen molar-refractivity contribution in [2.24, 2.45) is 0 Å². The molecule has 1 aliphatic carbocycles. The topological polar surface area (TPSA) is 55.7 Å². The number of hydrogen-bond donors (Lipinski definition) is 0. The minimum Gasteiger partial charge on any atom is -0.294 e. The monoisotopic (exact) mass is 507 g/mol. The SMILES string of the molecule is O=C(Cc1cc(Cc2ncccc2-c2ncnc3c2C=CC3)ccc1F)c1cc(F)cc(C(F)(F)F)c1. The van der Waals surface area contributed by atoms with Crippen LogP contribution >= 0.6 is 0 Å². The van der Waals surface area contributed by atoms with Crippen LogP contribution in [-0.4, -0.2) is 20.7 Å². The summed E-state index contributed by atoms with van der Waals surface area (Å²) in [6.45, 7) is 0. The number of halogens is 5. The molecule has 0 aliphatic heterocycles. The molecular formula is C28H18F5N3O. The van der Waals surface area contributed by atoms with Crippen LogP contribution < -0.4 is 0 Å². The summed E-state index contributed by atoms with van der Waals surface area (Å²) in [5, 5.41) is 0. The van der Waals surface area contributed by atoms with Crippen molar-refractivity contribution in [1.29, 1.82) is 0 Å². The van der Waals surface area contributed by atoms with E-state index < -0.39 is 41.1 Å². The van der Waals surface area contributed by atoms with Gasteiger partial charge in [-0.1, -0.05) is 24.3 Å². The molecule has 2 heterocycles. The van der Waals surface area contributed by atoms with Crippen LogP contribution in [0.15, 0.2) is 67.1 Å². The predicted molar refractivity (Wildman–Crippen MR) is 127 cm³/mol. The number of aromatic nitrogens is 3. The van der Waals surface area contributed by atoms with Crippen molar-refractivity contribution in [2.45, 2.75) is 25.4 Å². The Hall–Kier alpha value is -4.27. The Morgan fingerprint density at radius 2 is 1.81 bits per heavy atom. The van der Waals surface area contributed by atoms with Crippen molar-refractivity contribution in [3.8, 4) is 11.3 Å². The molecule has 0 bridgehead atoms. The van der Waals surface area contributed by atoms with E-state index in [2.05, 4.69) is 15.0 Å². The van der Waals surface area contributed by atoms with Gasteiger partial charge in [0.05, 0.1) is 22.6 Å². The lowest BCUT2D eigenvalue weighted by atomic mass is 9.96. The van der Waals surface area contributed by atoms with Crippen LogP contribution in [0.5, 0.6) is 0 Å². The van der Waals surface area contributed by atoms with Gasteiger partial charge in [0, 0.05) is 42.1 Å². The molecule has 5 rings (SSSR count). The minimum absolute atomic E-state index is 0.0105. The first-order valence-electron chi connectivity index (χ1n) is 11.3. The molecule has 0 fully saturated rings. The van der Waals surface area contributed by atoms with Gasteiger partial charge in [0.2, 0.25) is 0 Å². The smallest absolute Gasteiger partial charge is 0.294 e. The van der Waals surface area contributed by atoms with E-state index in [-0.39, 0.29) is 5.56 Å². The van der Waals surface area contributed by atoms with Gasteiger partial charge in [0.25, 0.3) is 0 Å². The molecule has 0 amide bonds. The van der Waals surface area contributed by atoms with E-state index in [0.29, 0.717) is 42.3 Å². The van der Waals surface area contributed by atoms with Crippen LogP contribution in [0.3, 0.4) is 0 Å². The third kappa shape index (κ3) is 5.16. The van der Waals surface area contributed by atoms with E-state index in [1.807, 2.05) is 18.2 Å². The molecule has 2 aromatic carbocycles. The standard InChI is InChI=1S/C28H18F5N3O/c29-20-12-18(11-19(14-20)28(31,32)33)26(37)13-17-9-16(6-7-23(17)30)10-25-22(4-2-8-34-25)27-21-3-1-5-24(21)35-15-36-27/h1-4,6-9,11-12,14-15H,5,10,13H2. The zero-order valence-electron chi connectivity index (χ0n) is 19.2. The van der Waals surface area contributed by atoms with Gasteiger partial charge in [-0.05, 0) is 47.5 Å². The molecule has 186 valence electrons. The van der Waals surface area contributed by atoms with Crippen LogP contribution in [0, 0.1) is 11.6 Å². The zero-order valence-corrected chi connectivity index (χ0v) is 19.2. The summed E-state index contributed by atoms with van der Waals surface area (Å²) >= 11 is 0.